The zero-order valence-corrected chi connectivity index (χ0v) is 18.9. The van der Waals surface area contributed by atoms with Crippen molar-refractivity contribution >= 4 is 29.5 Å². The van der Waals surface area contributed by atoms with Gasteiger partial charge >= 0.3 is 12.1 Å². The van der Waals surface area contributed by atoms with Gasteiger partial charge in [-0.2, -0.15) is 18.3 Å². The summed E-state index contributed by atoms with van der Waals surface area (Å²) in [6.45, 7) is 0.237. The summed E-state index contributed by atoms with van der Waals surface area (Å²) >= 11 is 5.95. The number of anilines is 1. The number of rotatable bonds is 8. The molecule has 10 heteroatoms. The minimum atomic E-state index is -4.49. The minimum absolute atomic E-state index is 0.0258. The Balaban J connectivity index is 1.66. The second kappa shape index (κ2) is 10.9. The first-order valence-electron chi connectivity index (χ1n) is 9.85. The molecule has 3 aromatic carbocycles. The van der Waals surface area contributed by atoms with Crippen LogP contribution in [0.4, 0.5) is 18.9 Å². The van der Waals surface area contributed by atoms with E-state index in [-0.39, 0.29) is 17.3 Å². The van der Waals surface area contributed by atoms with Crippen LogP contribution in [-0.4, -0.2) is 26.4 Å². The quantitative estimate of drug-likeness (QED) is 0.231. The molecule has 0 aromatic heterocycles. The number of nitrogens with zero attached hydrogens (tertiary/aromatic N) is 1. The van der Waals surface area contributed by atoms with Crippen LogP contribution in [0.15, 0.2) is 65.8 Å². The Bertz CT molecular complexity index is 1180. The van der Waals surface area contributed by atoms with Crippen LogP contribution in [0.25, 0.3) is 0 Å². The van der Waals surface area contributed by atoms with Gasteiger partial charge < -0.3 is 14.2 Å². The van der Waals surface area contributed by atoms with E-state index in [0.29, 0.717) is 22.6 Å². The smallest absolute Gasteiger partial charge is 0.416 e. The van der Waals surface area contributed by atoms with E-state index >= 15 is 0 Å². The van der Waals surface area contributed by atoms with Crippen molar-refractivity contribution in [1.29, 1.82) is 0 Å². The number of ether oxygens (including phenoxy) is 3. The third-order valence-electron chi connectivity index (χ3n) is 4.65. The molecular weight excluding hydrogens is 473 g/mol. The van der Waals surface area contributed by atoms with E-state index in [2.05, 4.69) is 15.3 Å². The van der Waals surface area contributed by atoms with Crippen LogP contribution < -0.4 is 14.9 Å². The van der Waals surface area contributed by atoms with E-state index in [4.69, 9.17) is 21.1 Å². The Labute approximate surface area is 198 Å². The predicted molar refractivity (Wildman–Crippen MR) is 123 cm³/mol. The summed E-state index contributed by atoms with van der Waals surface area (Å²) < 4.78 is 54.5. The monoisotopic (exact) mass is 492 g/mol. The molecule has 0 bridgehead atoms. The number of benzene rings is 3. The van der Waals surface area contributed by atoms with Gasteiger partial charge in [0.2, 0.25) is 0 Å². The summed E-state index contributed by atoms with van der Waals surface area (Å²) in [5.74, 6) is 0.494. The van der Waals surface area contributed by atoms with Gasteiger partial charge in [0.15, 0.2) is 11.5 Å². The standard InChI is InChI=1S/C24H20ClF3N2O4/c1-32-22-11-16(13-29-30-20-12-18(24(26,27)28)8-9-19(20)25)5-10-21(22)34-14-15-3-6-17(7-4-15)23(31)33-2/h3-13,30H,14H2,1-2H3/b29-13+. The molecule has 0 radical (unpaired) electrons. The van der Waals surface area contributed by atoms with E-state index < -0.39 is 17.7 Å². The highest BCUT2D eigenvalue weighted by Gasteiger charge is 2.30. The largest absolute Gasteiger partial charge is 0.493 e. The molecule has 0 saturated heterocycles. The molecule has 6 nitrogen and oxygen atoms in total. The number of hydrazone groups is 1. The number of esters is 1. The lowest BCUT2D eigenvalue weighted by Gasteiger charge is -2.12. The molecule has 0 saturated carbocycles. The first-order valence-corrected chi connectivity index (χ1v) is 10.2. The SMILES string of the molecule is COC(=O)c1ccc(COc2ccc(/C=N/Nc3cc(C(F)(F)F)ccc3Cl)cc2OC)cc1. The number of carbonyl (C=O) groups is 1. The highest BCUT2D eigenvalue weighted by molar-refractivity contribution is 6.33. The van der Waals surface area contributed by atoms with Gasteiger partial charge in [-0.25, -0.2) is 4.79 Å². The van der Waals surface area contributed by atoms with E-state index in [1.165, 1.54) is 20.4 Å². The Hall–Kier alpha value is -3.72. The molecule has 0 aliphatic heterocycles. The Morgan fingerprint density at radius 3 is 2.41 bits per heavy atom. The third-order valence-corrected chi connectivity index (χ3v) is 4.98. The van der Waals surface area contributed by atoms with Gasteiger partial charge in [-0.3, -0.25) is 5.43 Å². The van der Waals surface area contributed by atoms with Crippen LogP contribution >= 0.6 is 11.6 Å². The van der Waals surface area contributed by atoms with Crippen molar-refractivity contribution in [1.82, 2.24) is 0 Å². The topological polar surface area (TPSA) is 69.2 Å². The summed E-state index contributed by atoms with van der Waals surface area (Å²) in [6.07, 6.45) is -3.08. The van der Waals surface area contributed by atoms with Gasteiger partial charge in [0.1, 0.15) is 6.61 Å². The van der Waals surface area contributed by atoms with Gasteiger partial charge in [0.05, 0.1) is 42.3 Å². The zero-order chi connectivity index (χ0) is 24.7. The van der Waals surface area contributed by atoms with Crippen molar-refractivity contribution < 1.29 is 32.2 Å². The van der Waals surface area contributed by atoms with Gasteiger partial charge in [0.25, 0.3) is 0 Å². The highest BCUT2D eigenvalue weighted by atomic mass is 35.5. The van der Waals surface area contributed by atoms with Crippen molar-refractivity contribution in [2.45, 2.75) is 12.8 Å². The summed E-state index contributed by atoms with van der Waals surface area (Å²) in [4.78, 5) is 11.5. The fraction of sp³-hybridized carbons (Fsp3) is 0.167. The fourth-order valence-electron chi connectivity index (χ4n) is 2.86. The number of methoxy groups -OCH3 is 2. The van der Waals surface area contributed by atoms with Crippen molar-refractivity contribution in [2.24, 2.45) is 5.10 Å². The molecule has 3 rings (SSSR count). The molecule has 0 unspecified atom stereocenters. The molecule has 178 valence electrons. The summed E-state index contributed by atoms with van der Waals surface area (Å²) in [6, 6.07) is 14.8. The summed E-state index contributed by atoms with van der Waals surface area (Å²) in [7, 11) is 2.80. The summed E-state index contributed by atoms with van der Waals surface area (Å²) in [5.41, 5.74) is 3.60. The predicted octanol–water partition coefficient (Wildman–Crippen LogP) is 6.18. The molecule has 0 aliphatic rings. The number of hydrogen-bond acceptors (Lipinski definition) is 6. The zero-order valence-electron chi connectivity index (χ0n) is 18.2. The van der Waals surface area contributed by atoms with Crippen molar-refractivity contribution in [2.75, 3.05) is 19.6 Å². The van der Waals surface area contributed by atoms with Gasteiger partial charge in [-0.05, 0) is 59.7 Å². The van der Waals surface area contributed by atoms with Crippen LogP contribution in [0.1, 0.15) is 27.0 Å². The molecule has 0 aliphatic carbocycles. The van der Waals surface area contributed by atoms with Crippen LogP contribution in [0.3, 0.4) is 0 Å². The number of nitrogens with one attached hydrogen (secondary N) is 1. The molecule has 0 heterocycles. The van der Waals surface area contributed by atoms with E-state index in [0.717, 1.165) is 23.8 Å². The first kappa shape index (κ1) is 24.9. The second-order valence-electron chi connectivity index (χ2n) is 6.95. The Kier molecular flexibility index (Phi) is 8.01. The van der Waals surface area contributed by atoms with Crippen molar-refractivity contribution in [3.8, 4) is 11.5 Å². The maximum absolute atomic E-state index is 12.9. The second-order valence-corrected chi connectivity index (χ2v) is 7.36. The maximum atomic E-state index is 12.9. The third kappa shape index (κ3) is 6.41. The summed E-state index contributed by atoms with van der Waals surface area (Å²) in [5, 5.41) is 4.07. The lowest BCUT2D eigenvalue weighted by Crippen LogP contribution is -2.05. The number of hydrogen-bond donors (Lipinski definition) is 1. The maximum Gasteiger partial charge on any atom is 0.416 e. The van der Waals surface area contributed by atoms with Crippen LogP contribution in [0.5, 0.6) is 11.5 Å². The number of halogens is 4. The lowest BCUT2D eigenvalue weighted by molar-refractivity contribution is -0.137. The van der Waals surface area contributed by atoms with E-state index in [1.54, 1.807) is 42.5 Å². The van der Waals surface area contributed by atoms with Crippen LogP contribution in [-0.2, 0) is 17.5 Å². The molecule has 0 spiro atoms. The number of alkyl halides is 3. The molecular formula is C24H20ClF3N2O4. The van der Waals surface area contributed by atoms with Crippen LogP contribution in [0.2, 0.25) is 5.02 Å². The molecule has 0 fully saturated rings. The molecule has 0 atom stereocenters. The van der Waals surface area contributed by atoms with Crippen molar-refractivity contribution in [3.05, 3.63) is 87.9 Å². The molecule has 34 heavy (non-hydrogen) atoms. The molecule has 0 amide bonds. The minimum Gasteiger partial charge on any atom is -0.493 e. The van der Waals surface area contributed by atoms with E-state index in [1.807, 2.05) is 0 Å². The van der Waals surface area contributed by atoms with Crippen LogP contribution in [0, 0.1) is 0 Å². The average molecular weight is 493 g/mol. The normalized spacial score (nSPS) is 11.4. The molecule has 3 aromatic rings. The fourth-order valence-corrected chi connectivity index (χ4v) is 3.02. The lowest BCUT2D eigenvalue weighted by atomic mass is 10.1. The van der Waals surface area contributed by atoms with Gasteiger partial charge in [-0.1, -0.05) is 23.7 Å². The van der Waals surface area contributed by atoms with Gasteiger partial charge in [0, 0.05) is 0 Å². The average Bonchev–Trinajstić information content (AvgIpc) is 2.83. The number of carbonyl (C=O) groups excluding carboxylic acids is 1. The highest BCUT2D eigenvalue weighted by Crippen LogP contribution is 2.34. The molecule has 1 N–H and O–H groups in total. The van der Waals surface area contributed by atoms with Crippen molar-refractivity contribution in [3.63, 3.8) is 0 Å². The Morgan fingerprint density at radius 1 is 1.03 bits per heavy atom. The Morgan fingerprint density at radius 2 is 1.76 bits per heavy atom. The first-order chi connectivity index (χ1) is 16.2. The van der Waals surface area contributed by atoms with Gasteiger partial charge in [-0.15, -0.1) is 0 Å². The van der Waals surface area contributed by atoms with E-state index in [9.17, 15) is 18.0 Å².